The second-order valence-corrected chi connectivity index (χ2v) is 4.69. The number of carbonyl (C=O) groups is 1. The highest BCUT2D eigenvalue weighted by atomic mass is 32.2. The van der Waals surface area contributed by atoms with Crippen LogP contribution in [0.3, 0.4) is 0 Å². The molecule has 0 atom stereocenters. The first-order chi connectivity index (χ1) is 7.38. The van der Waals surface area contributed by atoms with Crippen molar-refractivity contribution in [3.05, 3.63) is 29.3 Å². The number of primary amides is 1. The van der Waals surface area contributed by atoms with Gasteiger partial charge in [0.2, 0.25) is 15.9 Å². The van der Waals surface area contributed by atoms with Gasteiger partial charge in [0.25, 0.3) is 0 Å². The predicted octanol–water partition coefficient (Wildman–Crippen LogP) is -1.03. The average Bonchev–Trinajstić information content (AvgIpc) is 2.16. The molecule has 1 rings (SSSR count). The number of hydrogen-bond donors (Lipinski definition) is 3. The van der Waals surface area contributed by atoms with Crippen LogP contribution < -0.4 is 10.9 Å². The van der Waals surface area contributed by atoms with Crippen LogP contribution in [0.5, 0.6) is 0 Å². The molecule has 0 heterocycles. The van der Waals surface area contributed by atoms with Crippen molar-refractivity contribution in [2.24, 2.45) is 10.9 Å². The number of nitrogens with two attached hydrogens (primary N) is 2. The summed E-state index contributed by atoms with van der Waals surface area (Å²) in [7, 11) is -3.93. The van der Waals surface area contributed by atoms with E-state index in [1.807, 2.05) is 0 Å². The number of aliphatic hydroxyl groups is 1. The second kappa shape index (κ2) is 4.60. The van der Waals surface area contributed by atoms with Gasteiger partial charge in [0.05, 0.1) is 4.90 Å². The lowest BCUT2D eigenvalue weighted by Gasteiger charge is -2.10. The van der Waals surface area contributed by atoms with E-state index in [-0.39, 0.29) is 29.1 Å². The van der Waals surface area contributed by atoms with Crippen molar-refractivity contribution in [3.8, 4) is 0 Å². The molecule has 0 aliphatic rings. The lowest BCUT2D eigenvalue weighted by Crippen LogP contribution is -2.20. The minimum absolute atomic E-state index is 0.00484. The van der Waals surface area contributed by atoms with Gasteiger partial charge in [0.1, 0.15) is 0 Å². The van der Waals surface area contributed by atoms with Gasteiger partial charge < -0.3 is 10.8 Å². The summed E-state index contributed by atoms with van der Waals surface area (Å²) in [5.74, 6) is -0.756. The summed E-state index contributed by atoms with van der Waals surface area (Å²) in [6, 6.07) is 4.04. The van der Waals surface area contributed by atoms with Crippen molar-refractivity contribution in [2.45, 2.75) is 11.3 Å². The zero-order chi connectivity index (χ0) is 12.3. The van der Waals surface area contributed by atoms with Gasteiger partial charge in [-0.05, 0) is 24.1 Å². The predicted molar refractivity (Wildman–Crippen MR) is 57.1 cm³/mol. The topological polar surface area (TPSA) is 123 Å². The Balaban J connectivity index is 3.51. The van der Waals surface area contributed by atoms with Crippen molar-refractivity contribution in [1.82, 2.24) is 0 Å². The third-order valence-corrected chi connectivity index (χ3v) is 3.06. The summed E-state index contributed by atoms with van der Waals surface area (Å²) in [5, 5.41) is 13.8. The number of benzene rings is 1. The molecule has 16 heavy (non-hydrogen) atoms. The smallest absolute Gasteiger partial charge is 0.249 e. The summed E-state index contributed by atoms with van der Waals surface area (Å²) in [5.41, 5.74) is 5.31. The normalized spacial score (nSPS) is 11.4. The highest BCUT2D eigenvalue weighted by Crippen LogP contribution is 2.19. The fourth-order valence-electron chi connectivity index (χ4n) is 1.43. The third kappa shape index (κ3) is 2.57. The average molecular weight is 244 g/mol. The van der Waals surface area contributed by atoms with E-state index in [4.69, 9.17) is 16.0 Å². The zero-order valence-electron chi connectivity index (χ0n) is 8.38. The van der Waals surface area contributed by atoms with Crippen molar-refractivity contribution in [3.63, 3.8) is 0 Å². The second-order valence-electron chi connectivity index (χ2n) is 3.17. The highest BCUT2D eigenvalue weighted by Gasteiger charge is 2.18. The molecule has 0 aromatic heterocycles. The Morgan fingerprint density at radius 2 is 2.00 bits per heavy atom. The lowest BCUT2D eigenvalue weighted by atomic mass is 10.0. The fraction of sp³-hybridized carbons (Fsp3) is 0.222. The number of carbonyl (C=O) groups excluding carboxylic acids is 1. The van der Waals surface area contributed by atoms with Crippen LogP contribution in [-0.4, -0.2) is 26.0 Å². The molecule has 0 saturated heterocycles. The molecule has 0 radical (unpaired) electrons. The zero-order valence-corrected chi connectivity index (χ0v) is 9.20. The number of aliphatic hydroxyl groups excluding tert-OH is 1. The Bertz CT molecular complexity index is 510. The molecule has 5 N–H and O–H groups in total. The third-order valence-electron chi connectivity index (χ3n) is 2.07. The molecular weight excluding hydrogens is 232 g/mol. The van der Waals surface area contributed by atoms with Crippen molar-refractivity contribution < 1.29 is 18.3 Å². The van der Waals surface area contributed by atoms with E-state index < -0.39 is 15.9 Å². The van der Waals surface area contributed by atoms with Crippen molar-refractivity contribution in [2.75, 3.05) is 6.61 Å². The maximum atomic E-state index is 11.2. The molecule has 0 fully saturated rings. The lowest BCUT2D eigenvalue weighted by molar-refractivity contribution is 0.0999. The first-order valence-corrected chi connectivity index (χ1v) is 5.98. The molecule has 1 aromatic carbocycles. The van der Waals surface area contributed by atoms with Crippen LogP contribution in [0.15, 0.2) is 23.1 Å². The molecule has 7 heteroatoms. The molecule has 88 valence electrons. The fourth-order valence-corrected chi connectivity index (χ4v) is 2.26. The Morgan fingerprint density at radius 1 is 1.38 bits per heavy atom. The van der Waals surface area contributed by atoms with Crippen LogP contribution in [0.2, 0.25) is 0 Å². The molecule has 0 bridgehead atoms. The quantitative estimate of drug-likeness (QED) is 0.626. The van der Waals surface area contributed by atoms with Gasteiger partial charge in [0.15, 0.2) is 0 Å². The SMILES string of the molecule is NC(=O)c1cccc(S(N)(=O)=O)c1CCO. The van der Waals surface area contributed by atoms with E-state index >= 15 is 0 Å². The number of hydrogen-bond acceptors (Lipinski definition) is 4. The monoisotopic (exact) mass is 244 g/mol. The molecule has 0 saturated carbocycles. The Hall–Kier alpha value is -1.44. The van der Waals surface area contributed by atoms with Crippen LogP contribution in [0.1, 0.15) is 15.9 Å². The number of primary sulfonamides is 1. The summed E-state index contributed by atoms with van der Waals surface area (Å²) < 4.78 is 22.5. The summed E-state index contributed by atoms with van der Waals surface area (Å²) >= 11 is 0. The Labute approximate surface area is 92.9 Å². The van der Waals surface area contributed by atoms with Crippen molar-refractivity contribution in [1.29, 1.82) is 0 Å². The van der Waals surface area contributed by atoms with E-state index in [1.54, 1.807) is 0 Å². The van der Waals surface area contributed by atoms with E-state index in [2.05, 4.69) is 0 Å². The highest BCUT2D eigenvalue weighted by molar-refractivity contribution is 7.89. The standard InChI is InChI=1S/C9H12N2O4S/c10-9(13)7-2-1-3-8(16(11,14)15)6(7)4-5-12/h1-3,12H,4-5H2,(H2,10,13)(H2,11,14,15). The van der Waals surface area contributed by atoms with Crippen LogP contribution in [0.4, 0.5) is 0 Å². The van der Waals surface area contributed by atoms with Gasteiger partial charge in [-0.3, -0.25) is 4.79 Å². The van der Waals surface area contributed by atoms with Gasteiger partial charge in [-0.25, -0.2) is 13.6 Å². The van der Waals surface area contributed by atoms with Crippen LogP contribution in [0.25, 0.3) is 0 Å². The molecule has 0 unspecified atom stereocenters. The number of sulfonamides is 1. The molecule has 0 spiro atoms. The Morgan fingerprint density at radius 3 is 2.44 bits per heavy atom. The largest absolute Gasteiger partial charge is 0.396 e. The summed E-state index contributed by atoms with van der Waals surface area (Å²) in [4.78, 5) is 10.9. The van der Waals surface area contributed by atoms with E-state index in [1.165, 1.54) is 18.2 Å². The van der Waals surface area contributed by atoms with Gasteiger partial charge in [-0.2, -0.15) is 0 Å². The number of amides is 1. The summed E-state index contributed by atoms with van der Waals surface area (Å²) in [6.45, 7) is -0.299. The summed E-state index contributed by atoms with van der Waals surface area (Å²) in [6.07, 6.45) is 0.00484. The van der Waals surface area contributed by atoms with Crippen LogP contribution in [0, 0.1) is 0 Å². The van der Waals surface area contributed by atoms with Gasteiger partial charge in [-0.1, -0.05) is 6.07 Å². The van der Waals surface area contributed by atoms with Gasteiger partial charge >= 0.3 is 0 Å². The van der Waals surface area contributed by atoms with Crippen LogP contribution >= 0.6 is 0 Å². The molecular formula is C9H12N2O4S. The van der Waals surface area contributed by atoms with Crippen molar-refractivity contribution >= 4 is 15.9 Å². The van der Waals surface area contributed by atoms with E-state index in [9.17, 15) is 13.2 Å². The first-order valence-electron chi connectivity index (χ1n) is 4.43. The van der Waals surface area contributed by atoms with Gasteiger partial charge in [0, 0.05) is 12.2 Å². The molecule has 0 aliphatic carbocycles. The van der Waals surface area contributed by atoms with Crippen LogP contribution in [-0.2, 0) is 16.4 Å². The maximum absolute atomic E-state index is 11.2. The van der Waals surface area contributed by atoms with E-state index in [0.29, 0.717) is 0 Å². The minimum Gasteiger partial charge on any atom is -0.396 e. The molecule has 6 nitrogen and oxygen atoms in total. The maximum Gasteiger partial charge on any atom is 0.249 e. The molecule has 0 aliphatic heterocycles. The number of rotatable bonds is 4. The Kier molecular flexibility index (Phi) is 3.63. The molecule has 1 amide bonds. The van der Waals surface area contributed by atoms with E-state index in [0.717, 1.165) is 0 Å². The minimum atomic E-state index is -3.93. The first kappa shape index (κ1) is 12.6. The molecule has 1 aromatic rings. The van der Waals surface area contributed by atoms with Gasteiger partial charge in [-0.15, -0.1) is 0 Å².